The lowest BCUT2D eigenvalue weighted by atomic mass is 10.1. The summed E-state index contributed by atoms with van der Waals surface area (Å²) in [6.07, 6.45) is 3.11. The van der Waals surface area contributed by atoms with E-state index < -0.39 is 0 Å². The molecule has 0 atom stereocenters. The summed E-state index contributed by atoms with van der Waals surface area (Å²) in [5, 5.41) is 8.21. The monoisotopic (exact) mass is 399 g/mol. The number of benzene rings is 2. The lowest BCUT2D eigenvalue weighted by Crippen LogP contribution is -2.35. The van der Waals surface area contributed by atoms with Crippen molar-refractivity contribution in [2.45, 2.75) is 26.2 Å². The summed E-state index contributed by atoms with van der Waals surface area (Å²) < 4.78 is 5.75. The Morgan fingerprint density at radius 3 is 2.36 bits per heavy atom. The van der Waals surface area contributed by atoms with E-state index in [9.17, 15) is 9.59 Å². The number of carbonyl (C=O) groups excluding carboxylic acids is 2. The summed E-state index contributed by atoms with van der Waals surface area (Å²) in [4.78, 5) is 24.6. The Morgan fingerprint density at radius 2 is 1.64 bits per heavy atom. The van der Waals surface area contributed by atoms with E-state index in [1.165, 1.54) is 0 Å². The fourth-order valence-corrected chi connectivity index (χ4v) is 2.77. The summed E-state index contributed by atoms with van der Waals surface area (Å²) >= 11 is 5.24. The highest BCUT2D eigenvalue weighted by Gasteiger charge is 2.15. The van der Waals surface area contributed by atoms with Gasteiger partial charge in [0.05, 0.1) is 23.4 Å². The molecule has 0 radical (unpaired) electrons. The molecule has 0 spiro atoms. The molecule has 0 unspecified atom stereocenters. The number of hydrogen-bond donors (Lipinski definition) is 3. The SMILES string of the molecule is CCCCCOc1ccccc1C(=O)NC(=S)Nc1ccccc1C(=O)NC. The normalized spacial score (nSPS) is 10.1. The van der Waals surface area contributed by atoms with Gasteiger partial charge < -0.3 is 15.4 Å². The van der Waals surface area contributed by atoms with E-state index in [2.05, 4.69) is 22.9 Å². The van der Waals surface area contributed by atoms with Crippen LogP contribution in [0.4, 0.5) is 5.69 Å². The van der Waals surface area contributed by atoms with Crippen LogP contribution < -0.4 is 20.7 Å². The number of carbonyl (C=O) groups is 2. The Hall–Kier alpha value is -2.93. The van der Waals surface area contributed by atoms with Gasteiger partial charge in [-0.05, 0) is 42.9 Å². The Labute approximate surface area is 170 Å². The van der Waals surface area contributed by atoms with Crippen molar-refractivity contribution in [1.29, 1.82) is 0 Å². The summed E-state index contributed by atoms with van der Waals surface area (Å²) in [6.45, 7) is 2.68. The number of thiocarbonyl (C=S) groups is 1. The number of rotatable bonds is 8. The van der Waals surface area contributed by atoms with Crippen molar-refractivity contribution in [2.75, 3.05) is 19.0 Å². The number of hydrogen-bond acceptors (Lipinski definition) is 4. The van der Waals surface area contributed by atoms with Crippen LogP contribution in [-0.2, 0) is 0 Å². The summed E-state index contributed by atoms with van der Waals surface area (Å²) in [7, 11) is 1.55. The molecular formula is C21H25N3O3S. The molecule has 2 aromatic carbocycles. The Bertz CT molecular complexity index is 839. The molecule has 7 heteroatoms. The van der Waals surface area contributed by atoms with Gasteiger partial charge in [0, 0.05) is 7.05 Å². The van der Waals surface area contributed by atoms with Gasteiger partial charge in [-0.1, -0.05) is 44.0 Å². The maximum Gasteiger partial charge on any atom is 0.261 e. The molecule has 0 bridgehead atoms. The van der Waals surface area contributed by atoms with Crippen molar-refractivity contribution in [1.82, 2.24) is 10.6 Å². The van der Waals surface area contributed by atoms with Crippen LogP contribution in [0, 0.1) is 0 Å². The van der Waals surface area contributed by atoms with Crippen LogP contribution in [0.15, 0.2) is 48.5 Å². The second-order valence-corrected chi connectivity index (χ2v) is 6.49. The molecule has 0 saturated heterocycles. The number of nitrogens with one attached hydrogen (secondary N) is 3. The number of unbranched alkanes of at least 4 members (excludes halogenated alkanes) is 2. The van der Waals surface area contributed by atoms with Gasteiger partial charge in [-0.25, -0.2) is 0 Å². The molecule has 0 aromatic heterocycles. The zero-order chi connectivity index (χ0) is 20.4. The van der Waals surface area contributed by atoms with Gasteiger partial charge in [-0.2, -0.15) is 0 Å². The van der Waals surface area contributed by atoms with Crippen molar-refractivity contribution < 1.29 is 14.3 Å². The largest absolute Gasteiger partial charge is 0.493 e. The van der Waals surface area contributed by atoms with Gasteiger partial charge in [0.25, 0.3) is 11.8 Å². The average Bonchev–Trinajstić information content (AvgIpc) is 2.71. The van der Waals surface area contributed by atoms with Crippen LogP contribution in [0.2, 0.25) is 0 Å². The van der Waals surface area contributed by atoms with Crippen LogP contribution >= 0.6 is 12.2 Å². The first kappa shape index (κ1) is 21.4. The lowest BCUT2D eigenvalue weighted by molar-refractivity contribution is 0.0960. The third-order valence-electron chi connectivity index (χ3n) is 4.01. The molecule has 0 saturated carbocycles. The standard InChI is InChI=1S/C21H25N3O3S/c1-3-4-9-14-27-18-13-8-6-11-16(18)20(26)24-21(28)23-17-12-7-5-10-15(17)19(25)22-2/h5-8,10-13H,3-4,9,14H2,1-2H3,(H,22,25)(H2,23,24,26,28). The molecule has 28 heavy (non-hydrogen) atoms. The highest BCUT2D eigenvalue weighted by molar-refractivity contribution is 7.80. The summed E-state index contributed by atoms with van der Waals surface area (Å²) in [5.41, 5.74) is 1.35. The minimum absolute atomic E-state index is 0.0992. The summed E-state index contributed by atoms with van der Waals surface area (Å²) in [5.74, 6) is -0.103. The molecule has 6 nitrogen and oxygen atoms in total. The topological polar surface area (TPSA) is 79.5 Å². The quantitative estimate of drug-likeness (QED) is 0.465. The zero-order valence-electron chi connectivity index (χ0n) is 16.1. The maximum absolute atomic E-state index is 12.6. The first-order valence-corrected chi connectivity index (χ1v) is 9.63. The molecule has 0 fully saturated rings. The molecule has 0 aliphatic heterocycles. The van der Waals surface area contributed by atoms with E-state index >= 15 is 0 Å². The first-order chi connectivity index (χ1) is 13.6. The van der Waals surface area contributed by atoms with Crippen LogP contribution in [0.1, 0.15) is 46.9 Å². The molecule has 0 aliphatic carbocycles. The van der Waals surface area contributed by atoms with E-state index in [1.54, 1.807) is 49.5 Å². The lowest BCUT2D eigenvalue weighted by Gasteiger charge is -2.14. The van der Waals surface area contributed by atoms with Crippen LogP contribution in [-0.4, -0.2) is 30.6 Å². The van der Waals surface area contributed by atoms with Crippen LogP contribution in [0.25, 0.3) is 0 Å². The molecule has 0 aliphatic rings. The Morgan fingerprint density at radius 1 is 0.964 bits per heavy atom. The van der Waals surface area contributed by atoms with Gasteiger partial charge >= 0.3 is 0 Å². The second kappa shape index (κ2) is 11.0. The fraction of sp³-hybridized carbons (Fsp3) is 0.286. The minimum atomic E-state index is -0.374. The third kappa shape index (κ3) is 6.06. The fourth-order valence-electron chi connectivity index (χ4n) is 2.56. The highest BCUT2D eigenvalue weighted by atomic mass is 32.1. The van der Waals surface area contributed by atoms with Crippen LogP contribution in [0.5, 0.6) is 5.75 Å². The van der Waals surface area contributed by atoms with Gasteiger partial charge in [-0.15, -0.1) is 0 Å². The number of amides is 2. The summed E-state index contributed by atoms with van der Waals surface area (Å²) in [6, 6.07) is 14.0. The molecule has 2 rings (SSSR count). The molecule has 3 N–H and O–H groups in total. The van der Waals surface area contributed by atoms with E-state index in [1.807, 2.05) is 6.07 Å². The van der Waals surface area contributed by atoms with Gasteiger partial charge in [0.15, 0.2) is 5.11 Å². The predicted octanol–water partition coefficient (Wildman–Crippen LogP) is 3.74. The number of para-hydroxylation sites is 2. The van der Waals surface area contributed by atoms with Gasteiger partial charge in [0.2, 0.25) is 0 Å². The number of anilines is 1. The smallest absolute Gasteiger partial charge is 0.261 e. The third-order valence-corrected chi connectivity index (χ3v) is 4.22. The van der Waals surface area contributed by atoms with Crippen molar-refractivity contribution in [3.8, 4) is 5.75 Å². The Kier molecular flexibility index (Phi) is 8.42. The Balaban J connectivity index is 2.04. The van der Waals surface area contributed by atoms with E-state index in [0.717, 1.165) is 19.3 Å². The second-order valence-electron chi connectivity index (χ2n) is 6.08. The molecular weight excluding hydrogens is 374 g/mol. The van der Waals surface area contributed by atoms with Gasteiger partial charge in [-0.3, -0.25) is 14.9 Å². The predicted molar refractivity (Wildman–Crippen MR) is 115 cm³/mol. The maximum atomic E-state index is 12.6. The number of ether oxygens (including phenoxy) is 1. The minimum Gasteiger partial charge on any atom is -0.493 e. The molecule has 0 heterocycles. The zero-order valence-corrected chi connectivity index (χ0v) is 16.9. The van der Waals surface area contributed by atoms with Crippen molar-refractivity contribution in [3.63, 3.8) is 0 Å². The van der Waals surface area contributed by atoms with E-state index in [4.69, 9.17) is 17.0 Å². The highest BCUT2D eigenvalue weighted by Crippen LogP contribution is 2.19. The van der Waals surface area contributed by atoms with Crippen molar-refractivity contribution in [3.05, 3.63) is 59.7 Å². The van der Waals surface area contributed by atoms with Crippen molar-refractivity contribution in [2.24, 2.45) is 0 Å². The van der Waals surface area contributed by atoms with Gasteiger partial charge in [0.1, 0.15) is 5.75 Å². The average molecular weight is 400 g/mol. The molecule has 148 valence electrons. The van der Waals surface area contributed by atoms with Crippen molar-refractivity contribution >= 4 is 34.8 Å². The molecule has 2 amide bonds. The first-order valence-electron chi connectivity index (χ1n) is 9.22. The van der Waals surface area contributed by atoms with E-state index in [0.29, 0.717) is 29.2 Å². The molecule has 2 aromatic rings. The van der Waals surface area contributed by atoms with E-state index in [-0.39, 0.29) is 16.9 Å². The van der Waals surface area contributed by atoms with Crippen LogP contribution in [0.3, 0.4) is 0 Å².